The van der Waals surface area contributed by atoms with E-state index in [-0.39, 0.29) is 24.2 Å². The fourth-order valence-electron chi connectivity index (χ4n) is 1.73. The minimum absolute atomic E-state index is 0.0220. The van der Waals surface area contributed by atoms with Crippen molar-refractivity contribution in [3.8, 4) is 0 Å². The molecule has 1 saturated carbocycles. The number of halogens is 3. The fraction of sp³-hybridized carbons (Fsp3) is 0.455. The Morgan fingerprint density at radius 3 is 2.53 bits per heavy atom. The molecule has 0 spiro atoms. The van der Waals surface area contributed by atoms with Crippen molar-refractivity contribution in [3.63, 3.8) is 0 Å². The number of alkyl halides is 3. The second-order valence-electron chi connectivity index (χ2n) is 3.98. The minimum atomic E-state index is -4.32. The number of carbonyl (C=O) groups is 1. The van der Waals surface area contributed by atoms with E-state index >= 15 is 0 Å². The molecule has 0 aromatic carbocycles. The third-order valence-corrected chi connectivity index (χ3v) is 2.93. The van der Waals surface area contributed by atoms with Gasteiger partial charge in [0.25, 0.3) is 0 Å². The van der Waals surface area contributed by atoms with Gasteiger partial charge in [-0.05, 0) is 25.0 Å². The maximum Gasteiger partial charge on any atom is 0.399 e. The molecule has 0 radical (unpaired) electrons. The lowest BCUT2D eigenvalue weighted by Crippen LogP contribution is -2.30. The molecule has 1 aliphatic rings. The quantitative estimate of drug-likeness (QED) is 0.751. The summed E-state index contributed by atoms with van der Waals surface area (Å²) in [7, 11) is 1.16. The summed E-state index contributed by atoms with van der Waals surface area (Å²) in [6.07, 6.45) is -4.28. The van der Waals surface area contributed by atoms with E-state index in [2.05, 4.69) is 9.72 Å². The maximum atomic E-state index is 12.8. The summed E-state index contributed by atoms with van der Waals surface area (Å²) < 4.78 is 42.9. The molecule has 0 aliphatic heterocycles. The highest BCUT2D eigenvalue weighted by Crippen LogP contribution is 2.58. The van der Waals surface area contributed by atoms with Gasteiger partial charge in [0.15, 0.2) is 0 Å². The molecule has 0 bridgehead atoms. The number of nitrogens with zero attached hydrogens (tertiary/aromatic N) is 1. The number of ether oxygens (including phenoxy) is 1. The smallest absolute Gasteiger partial charge is 0.399 e. The number of aromatic nitrogens is 1. The van der Waals surface area contributed by atoms with Crippen LogP contribution in [0.1, 0.15) is 29.0 Å². The maximum absolute atomic E-state index is 12.8. The van der Waals surface area contributed by atoms with Gasteiger partial charge >= 0.3 is 12.1 Å². The molecule has 1 aromatic heterocycles. The summed E-state index contributed by atoms with van der Waals surface area (Å²) in [5.41, 5.74) is -2.06. The molecule has 0 saturated heterocycles. The lowest BCUT2D eigenvalue weighted by molar-refractivity contribution is -0.161. The minimum Gasteiger partial charge on any atom is -0.464 e. The molecule has 2 rings (SSSR count). The summed E-state index contributed by atoms with van der Waals surface area (Å²) in [5.74, 6) is -0.732. The Morgan fingerprint density at radius 1 is 1.41 bits per heavy atom. The molecular formula is C11H10F3NO2. The van der Waals surface area contributed by atoms with Gasteiger partial charge in [0, 0.05) is 0 Å². The predicted octanol–water partition coefficient (Wildman–Crippen LogP) is 2.46. The number of pyridine rings is 1. The highest BCUT2D eigenvalue weighted by Gasteiger charge is 2.65. The van der Waals surface area contributed by atoms with Crippen molar-refractivity contribution in [2.45, 2.75) is 24.4 Å². The Kier molecular flexibility index (Phi) is 2.60. The van der Waals surface area contributed by atoms with E-state index in [0.29, 0.717) is 0 Å². The summed E-state index contributed by atoms with van der Waals surface area (Å²) in [6, 6.07) is 4.02. The molecule has 6 heteroatoms. The highest BCUT2D eigenvalue weighted by atomic mass is 19.4. The van der Waals surface area contributed by atoms with Crippen molar-refractivity contribution in [2.75, 3.05) is 7.11 Å². The van der Waals surface area contributed by atoms with Crippen LogP contribution in [0.3, 0.4) is 0 Å². The van der Waals surface area contributed by atoms with E-state index in [1.54, 1.807) is 0 Å². The van der Waals surface area contributed by atoms with E-state index in [1.807, 2.05) is 0 Å². The molecule has 92 valence electrons. The Hall–Kier alpha value is -1.59. The van der Waals surface area contributed by atoms with E-state index < -0.39 is 17.6 Å². The van der Waals surface area contributed by atoms with Gasteiger partial charge in [-0.3, -0.25) is 0 Å². The molecule has 0 atom stereocenters. The molecule has 1 heterocycles. The van der Waals surface area contributed by atoms with E-state index in [1.165, 1.54) is 18.2 Å². The standard InChI is InChI=1S/C11H10F3NO2/c1-17-9(16)7-3-2-4-8(15-7)10(5-6-10)11(12,13)14/h2-4H,5-6H2,1H3. The topological polar surface area (TPSA) is 39.2 Å². The van der Waals surface area contributed by atoms with Crippen LogP contribution < -0.4 is 0 Å². The molecule has 0 amide bonds. The number of hydrogen-bond donors (Lipinski definition) is 0. The zero-order valence-electron chi connectivity index (χ0n) is 9.04. The molecule has 1 aliphatic carbocycles. The first-order chi connectivity index (χ1) is 7.90. The third-order valence-electron chi connectivity index (χ3n) is 2.93. The van der Waals surface area contributed by atoms with Gasteiger partial charge in [0.2, 0.25) is 0 Å². The van der Waals surface area contributed by atoms with Crippen LogP contribution in [0.25, 0.3) is 0 Å². The first kappa shape index (κ1) is 11.9. The SMILES string of the molecule is COC(=O)c1cccc(C2(C(F)(F)F)CC2)n1. The molecular weight excluding hydrogens is 235 g/mol. The van der Waals surface area contributed by atoms with Crippen molar-refractivity contribution >= 4 is 5.97 Å². The van der Waals surface area contributed by atoms with E-state index in [4.69, 9.17) is 0 Å². The van der Waals surface area contributed by atoms with Crippen LogP contribution in [0.2, 0.25) is 0 Å². The van der Waals surface area contributed by atoms with Crippen molar-refractivity contribution < 1.29 is 22.7 Å². The van der Waals surface area contributed by atoms with Crippen LogP contribution in [-0.2, 0) is 10.2 Å². The van der Waals surface area contributed by atoms with Crippen LogP contribution in [0.15, 0.2) is 18.2 Å². The zero-order valence-corrected chi connectivity index (χ0v) is 9.04. The van der Waals surface area contributed by atoms with Crippen molar-refractivity contribution in [2.24, 2.45) is 0 Å². The van der Waals surface area contributed by atoms with Gasteiger partial charge < -0.3 is 4.74 Å². The lowest BCUT2D eigenvalue weighted by atomic mass is 10.0. The van der Waals surface area contributed by atoms with Crippen LogP contribution in [0.5, 0.6) is 0 Å². The molecule has 0 N–H and O–H groups in total. The van der Waals surface area contributed by atoms with Crippen LogP contribution in [0.4, 0.5) is 13.2 Å². The van der Waals surface area contributed by atoms with E-state index in [9.17, 15) is 18.0 Å². The molecule has 1 fully saturated rings. The largest absolute Gasteiger partial charge is 0.464 e. The summed E-state index contributed by atoms with van der Waals surface area (Å²) in [5, 5.41) is 0. The molecule has 0 unspecified atom stereocenters. The second-order valence-corrected chi connectivity index (χ2v) is 3.98. The van der Waals surface area contributed by atoms with Gasteiger partial charge in [-0.15, -0.1) is 0 Å². The van der Waals surface area contributed by atoms with Gasteiger partial charge in [0.1, 0.15) is 11.1 Å². The van der Waals surface area contributed by atoms with Crippen molar-refractivity contribution in [3.05, 3.63) is 29.6 Å². The number of methoxy groups -OCH3 is 1. The Morgan fingerprint density at radius 2 is 2.06 bits per heavy atom. The zero-order chi connectivity index (χ0) is 12.7. The number of rotatable bonds is 2. The van der Waals surface area contributed by atoms with Gasteiger partial charge in [-0.2, -0.15) is 13.2 Å². The van der Waals surface area contributed by atoms with Gasteiger partial charge in [-0.1, -0.05) is 6.07 Å². The Labute approximate surface area is 95.6 Å². The van der Waals surface area contributed by atoms with Crippen molar-refractivity contribution in [1.29, 1.82) is 0 Å². The Balaban J connectivity index is 2.38. The fourth-order valence-corrected chi connectivity index (χ4v) is 1.73. The van der Waals surface area contributed by atoms with Crippen LogP contribution in [0, 0.1) is 0 Å². The molecule has 3 nitrogen and oxygen atoms in total. The normalized spacial score (nSPS) is 17.6. The summed E-state index contributed by atoms with van der Waals surface area (Å²) in [4.78, 5) is 14.9. The van der Waals surface area contributed by atoms with Gasteiger partial charge in [0.05, 0.1) is 12.8 Å². The van der Waals surface area contributed by atoms with Crippen LogP contribution >= 0.6 is 0 Å². The number of carbonyl (C=O) groups excluding carboxylic acids is 1. The average Bonchev–Trinajstić information content (AvgIpc) is 3.08. The number of esters is 1. The molecule has 1 aromatic rings. The third kappa shape index (κ3) is 1.87. The first-order valence-electron chi connectivity index (χ1n) is 5.03. The second kappa shape index (κ2) is 3.72. The highest BCUT2D eigenvalue weighted by molar-refractivity contribution is 5.87. The lowest BCUT2D eigenvalue weighted by Gasteiger charge is -2.18. The van der Waals surface area contributed by atoms with E-state index in [0.717, 1.165) is 7.11 Å². The summed E-state index contributed by atoms with van der Waals surface area (Å²) in [6.45, 7) is 0. The first-order valence-corrected chi connectivity index (χ1v) is 5.03. The average molecular weight is 245 g/mol. The molecule has 17 heavy (non-hydrogen) atoms. The monoisotopic (exact) mass is 245 g/mol. The van der Waals surface area contributed by atoms with Crippen LogP contribution in [-0.4, -0.2) is 24.2 Å². The van der Waals surface area contributed by atoms with Gasteiger partial charge in [-0.25, -0.2) is 9.78 Å². The van der Waals surface area contributed by atoms with Crippen molar-refractivity contribution in [1.82, 2.24) is 4.98 Å². The number of hydrogen-bond acceptors (Lipinski definition) is 3. The predicted molar refractivity (Wildman–Crippen MR) is 52.5 cm³/mol. The Bertz CT molecular complexity index is 452. The summed E-state index contributed by atoms with van der Waals surface area (Å²) >= 11 is 0.